The van der Waals surface area contributed by atoms with Crippen molar-refractivity contribution in [3.8, 4) is 0 Å². The van der Waals surface area contributed by atoms with Crippen LogP contribution in [0.25, 0.3) is 0 Å². The second kappa shape index (κ2) is 5.31. The van der Waals surface area contributed by atoms with E-state index in [0.29, 0.717) is 6.04 Å². The lowest BCUT2D eigenvalue weighted by molar-refractivity contribution is 0.105. The average molecular weight is 211 g/mol. The van der Waals surface area contributed by atoms with Crippen LogP contribution in [-0.4, -0.2) is 26.3 Å². The molecular formula is C13H25NO. The molecule has 0 aromatic carbocycles. The first-order valence-electron chi connectivity index (χ1n) is 6.63. The third kappa shape index (κ3) is 2.54. The summed E-state index contributed by atoms with van der Waals surface area (Å²) in [6.45, 7) is 4.01. The van der Waals surface area contributed by atoms with Crippen molar-refractivity contribution in [1.29, 1.82) is 0 Å². The van der Waals surface area contributed by atoms with Gasteiger partial charge in [-0.3, -0.25) is 0 Å². The van der Waals surface area contributed by atoms with E-state index in [9.17, 15) is 0 Å². The monoisotopic (exact) mass is 211 g/mol. The van der Waals surface area contributed by atoms with Gasteiger partial charge in [0.2, 0.25) is 0 Å². The first-order chi connectivity index (χ1) is 7.38. The fourth-order valence-electron chi connectivity index (χ4n) is 3.39. The van der Waals surface area contributed by atoms with Crippen molar-refractivity contribution in [2.45, 2.75) is 45.1 Å². The Morgan fingerprint density at radius 3 is 2.47 bits per heavy atom. The number of hydrogen-bond acceptors (Lipinski definition) is 2. The summed E-state index contributed by atoms with van der Waals surface area (Å²) >= 11 is 0. The molecule has 3 unspecified atom stereocenters. The molecule has 0 spiro atoms. The molecular weight excluding hydrogens is 186 g/mol. The number of ether oxygens (including phenoxy) is 1. The second-order valence-corrected chi connectivity index (χ2v) is 5.16. The molecule has 0 amide bonds. The van der Waals surface area contributed by atoms with Crippen molar-refractivity contribution < 1.29 is 4.74 Å². The molecule has 0 aromatic rings. The zero-order valence-electron chi connectivity index (χ0n) is 10.2. The van der Waals surface area contributed by atoms with E-state index in [1.165, 1.54) is 25.7 Å². The standard InChI is InChI=1S/C13H25NO/c1-3-8-15-9-12(14-2)13-10-6-4-5-7-11(10)13/h10-14H,3-9H2,1-2H3. The molecule has 2 aliphatic rings. The van der Waals surface area contributed by atoms with Crippen molar-refractivity contribution >= 4 is 0 Å². The summed E-state index contributed by atoms with van der Waals surface area (Å²) in [7, 11) is 2.09. The third-order valence-corrected chi connectivity index (χ3v) is 4.20. The lowest BCUT2D eigenvalue weighted by atomic mass is 10.0. The van der Waals surface area contributed by atoms with Crippen LogP contribution in [0.2, 0.25) is 0 Å². The van der Waals surface area contributed by atoms with Crippen LogP contribution in [0.5, 0.6) is 0 Å². The van der Waals surface area contributed by atoms with Gasteiger partial charge in [0.1, 0.15) is 0 Å². The number of nitrogens with one attached hydrogen (secondary N) is 1. The van der Waals surface area contributed by atoms with E-state index in [4.69, 9.17) is 4.74 Å². The smallest absolute Gasteiger partial charge is 0.0622 e. The van der Waals surface area contributed by atoms with Gasteiger partial charge in [0.25, 0.3) is 0 Å². The lowest BCUT2D eigenvalue weighted by Crippen LogP contribution is -2.33. The molecule has 2 fully saturated rings. The quantitative estimate of drug-likeness (QED) is 0.681. The maximum Gasteiger partial charge on any atom is 0.0622 e. The molecule has 0 bridgehead atoms. The van der Waals surface area contributed by atoms with Gasteiger partial charge in [-0.2, -0.15) is 0 Å². The molecule has 2 nitrogen and oxygen atoms in total. The van der Waals surface area contributed by atoms with Gasteiger partial charge in [-0.05, 0) is 44.1 Å². The molecule has 0 aliphatic heterocycles. The van der Waals surface area contributed by atoms with Crippen LogP contribution >= 0.6 is 0 Å². The van der Waals surface area contributed by atoms with E-state index in [1.54, 1.807) is 0 Å². The van der Waals surface area contributed by atoms with E-state index in [-0.39, 0.29) is 0 Å². The molecule has 0 radical (unpaired) electrons. The molecule has 15 heavy (non-hydrogen) atoms. The fraction of sp³-hybridized carbons (Fsp3) is 1.00. The molecule has 2 heteroatoms. The molecule has 0 saturated heterocycles. The molecule has 3 atom stereocenters. The highest BCUT2D eigenvalue weighted by molar-refractivity contribution is 5.04. The van der Waals surface area contributed by atoms with Gasteiger partial charge in [-0.15, -0.1) is 0 Å². The van der Waals surface area contributed by atoms with Gasteiger partial charge < -0.3 is 10.1 Å². The van der Waals surface area contributed by atoms with Gasteiger partial charge >= 0.3 is 0 Å². The number of hydrogen-bond donors (Lipinski definition) is 1. The van der Waals surface area contributed by atoms with E-state index < -0.39 is 0 Å². The summed E-state index contributed by atoms with van der Waals surface area (Å²) in [5.41, 5.74) is 0. The summed E-state index contributed by atoms with van der Waals surface area (Å²) in [5.74, 6) is 2.98. The van der Waals surface area contributed by atoms with Gasteiger partial charge in [-0.25, -0.2) is 0 Å². The van der Waals surface area contributed by atoms with Crippen molar-refractivity contribution in [3.63, 3.8) is 0 Å². The summed E-state index contributed by atoms with van der Waals surface area (Å²) in [6, 6.07) is 0.615. The maximum absolute atomic E-state index is 5.68. The molecule has 2 saturated carbocycles. The normalized spacial score (nSPS) is 36.0. The van der Waals surface area contributed by atoms with Crippen LogP contribution in [0.1, 0.15) is 39.0 Å². The van der Waals surface area contributed by atoms with Crippen LogP contribution < -0.4 is 5.32 Å². The minimum absolute atomic E-state index is 0.615. The first-order valence-corrected chi connectivity index (χ1v) is 6.63. The van der Waals surface area contributed by atoms with Crippen LogP contribution in [0.15, 0.2) is 0 Å². The Bertz CT molecular complexity index is 183. The van der Waals surface area contributed by atoms with E-state index in [0.717, 1.165) is 37.4 Å². The maximum atomic E-state index is 5.68. The van der Waals surface area contributed by atoms with Crippen LogP contribution in [0.4, 0.5) is 0 Å². The third-order valence-electron chi connectivity index (χ3n) is 4.20. The number of fused-ring (bicyclic) bond motifs is 1. The molecule has 1 N–H and O–H groups in total. The zero-order valence-corrected chi connectivity index (χ0v) is 10.2. The first kappa shape index (κ1) is 11.4. The van der Waals surface area contributed by atoms with Crippen LogP contribution in [0, 0.1) is 17.8 Å². The Hall–Kier alpha value is -0.0800. The largest absolute Gasteiger partial charge is 0.380 e. The SMILES string of the molecule is CCCOCC(NC)C1C2CCCCC21. The second-order valence-electron chi connectivity index (χ2n) is 5.16. The summed E-state index contributed by atoms with van der Waals surface area (Å²) in [6.07, 6.45) is 7.00. The van der Waals surface area contributed by atoms with Gasteiger partial charge in [-0.1, -0.05) is 19.8 Å². The Morgan fingerprint density at radius 2 is 1.93 bits per heavy atom. The molecule has 0 heterocycles. The summed E-state index contributed by atoms with van der Waals surface area (Å²) < 4.78 is 5.68. The molecule has 88 valence electrons. The van der Waals surface area contributed by atoms with Crippen LogP contribution in [-0.2, 0) is 4.74 Å². The predicted octanol–water partition coefficient (Wildman–Crippen LogP) is 2.44. The van der Waals surface area contributed by atoms with Gasteiger partial charge in [0.15, 0.2) is 0 Å². The highest BCUT2D eigenvalue weighted by Gasteiger charge is 2.53. The Kier molecular flexibility index (Phi) is 4.04. The average Bonchev–Trinajstić information content (AvgIpc) is 2.99. The van der Waals surface area contributed by atoms with Gasteiger partial charge in [0.05, 0.1) is 6.61 Å². The molecule has 0 aromatic heterocycles. The minimum atomic E-state index is 0.615. The van der Waals surface area contributed by atoms with Gasteiger partial charge in [0, 0.05) is 12.6 Å². The van der Waals surface area contributed by atoms with E-state index in [2.05, 4.69) is 19.3 Å². The Morgan fingerprint density at radius 1 is 1.27 bits per heavy atom. The topological polar surface area (TPSA) is 21.3 Å². The predicted molar refractivity (Wildman–Crippen MR) is 62.9 cm³/mol. The van der Waals surface area contributed by atoms with Crippen molar-refractivity contribution in [2.24, 2.45) is 17.8 Å². The molecule has 2 rings (SSSR count). The Labute approximate surface area is 93.8 Å². The minimum Gasteiger partial charge on any atom is -0.380 e. The van der Waals surface area contributed by atoms with E-state index >= 15 is 0 Å². The highest BCUT2D eigenvalue weighted by atomic mass is 16.5. The van der Waals surface area contributed by atoms with E-state index in [1.807, 2.05) is 0 Å². The lowest BCUT2D eigenvalue weighted by Gasteiger charge is -2.16. The van der Waals surface area contributed by atoms with Crippen molar-refractivity contribution in [2.75, 3.05) is 20.3 Å². The summed E-state index contributed by atoms with van der Waals surface area (Å²) in [4.78, 5) is 0. The van der Waals surface area contributed by atoms with Crippen LogP contribution in [0.3, 0.4) is 0 Å². The number of rotatable bonds is 6. The number of likely N-dealkylation sites (N-methyl/N-ethyl adjacent to an activating group) is 1. The van der Waals surface area contributed by atoms with Crippen molar-refractivity contribution in [3.05, 3.63) is 0 Å². The molecule has 2 aliphatic carbocycles. The van der Waals surface area contributed by atoms with Crippen molar-refractivity contribution in [1.82, 2.24) is 5.32 Å². The summed E-state index contributed by atoms with van der Waals surface area (Å²) in [5, 5.41) is 3.45. The Balaban J connectivity index is 1.75. The zero-order chi connectivity index (χ0) is 10.7. The highest BCUT2D eigenvalue weighted by Crippen LogP contribution is 2.56. The fourth-order valence-corrected chi connectivity index (χ4v) is 3.39.